The lowest BCUT2D eigenvalue weighted by Gasteiger charge is -2.06. The summed E-state index contributed by atoms with van der Waals surface area (Å²) < 4.78 is 1.83. The number of hydrogen-bond acceptors (Lipinski definition) is 4. The molecule has 0 aliphatic heterocycles. The minimum Gasteiger partial charge on any atom is -0.396 e. The van der Waals surface area contributed by atoms with Gasteiger partial charge < -0.3 is 5.73 Å². The highest BCUT2D eigenvalue weighted by molar-refractivity contribution is 7.13. The number of thiazole rings is 1. The second-order valence-electron chi connectivity index (χ2n) is 4.50. The third-order valence-electron chi connectivity index (χ3n) is 2.99. The lowest BCUT2D eigenvalue weighted by Crippen LogP contribution is -1.98. The van der Waals surface area contributed by atoms with Crippen molar-refractivity contribution in [3.05, 3.63) is 47.1 Å². The number of rotatable bonds is 2. The molecule has 0 spiro atoms. The second-order valence-corrected chi connectivity index (χ2v) is 5.40. The smallest absolute Gasteiger partial charge is 0.145 e. The highest BCUT2D eigenvalue weighted by atomic mass is 32.1. The summed E-state index contributed by atoms with van der Waals surface area (Å²) in [5, 5.41) is 7.34. The topological polar surface area (TPSA) is 56.7 Å². The van der Waals surface area contributed by atoms with E-state index in [4.69, 9.17) is 5.73 Å². The third kappa shape index (κ3) is 2.13. The van der Waals surface area contributed by atoms with Crippen molar-refractivity contribution in [1.82, 2.24) is 14.8 Å². The Morgan fingerprint density at radius 2 is 2.11 bits per heavy atom. The maximum Gasteiger partial charge on any atom is 0.145 e. The highest BCUT2D eigenvalue weighted by Crippen LogP contribution is 2.27. The first-order valence-electron chi connectivity index (χ1n) is 5.98. The van der Waals surface area contributed by atoms with Crippen molar-refractivity contribution in [2.24, 2.45) is 0 Å². The summed E-state index contributed by atoms with van der Waals surface area (Å²) in [4.78, 5) is 4.26. The zero-order valence-corrected chi connectivity index (χ0v) is 11.6. The monoisotopic (exact) mass is 270 g/mol. The first-order chi connectivity index (χ1) is 9.15. The molecule has 0 atom stereocenters. The number of anilines is 1. The van der Waals surface area contributed by atoms with Crippen molar-refractivity contribution in [3.8, 4) is 16.4 Å². The van der Waals surface area contributed by atoms with E-state index in [0.29, 0.717) is 5.69 Å². The molecule has 0 aliphatic rings. The van der Waals surface area contributed by atoms with Crippen molar-refractivity contribution in [2.75, 3.05) is 5.73 Å². The Bertz CT molecular complexity index is 713. The SMILES string of the molecule is Cc1ccc(C)c(-n2cc(N)c(-c3nccs3)n2)c1. The van der Waals surface area contributed by atoms with E-state index >= 15 is 0 Å². The quantitative estimate of drug-likeness (QED) is 0.778. The Morgan fingerprint density at radius 3 is 2.84 bits per heavy atom. The van der Waals surface area contributed by atoms with E-state index in [1.54, 1.807) is 6.20 Å². The van der Waals surface area contributed by atoms with Crippen LogP contribution in [-0.4, -0.2) is 14.8 Å². The van der Waals surface area contributed by atoms with Crippen LogP contribution in [0.5, 0.6) is 0 Å². The minimum atomic E-state index is 0.649. The number of nitrogens with two attached hydrogens (primary N) is 1. The van der Waals surface area contributed by atoms with Crippen LogP contribution in [-0.2, 0) is 0 Å². The number of nitrogens with zero attached hydrogens (tertiary/aromatic N) is 3. The zero-order chi connectivity index (χ0) is 13.4. The van der Waals surface area contributed by atoms with Gasteiger partial charge in [-0.15, -0.1) is 11.3 Å². The fourth-order valence-electron chi connectivity index (χ4n) is 1.98. The average Bonchev–Trinajstić information content (AvgIpc) is 3.01. The predicted molar refractivity (Wildman–Crippen MR) is 78.6 cm³/mol. The molecule has 96 valence electrons. The van der Waals surface area contributed by atoms with E-state index in [2.05, 4.69) is 42.1 Å². The molecule has 0 fully saturated rings. The van der Waals surface area contributed by atoms with Crippen LogP contribution in [0.3, 0.4) is 0 Å². The van der Waals surface area contributed by atoms with E-state index in [1.807, 2.05) is 16.3 Å². The van der Waals surface area contributed by atoms with Crippen molar-refractivity contribution in [1.29, 1.82) is 0 Å². The normalized spacial score (nSPS) is 10.8. The van der Waals surface area contributed by atoms with Gasteiger partial charge in [-0.1, -0.05) is 12.1 Å². The average molecular weight is 270 g/mol. The van der Waals surface area contributed by atoms with Gasteiger partial charge in [0.2, 0.25) is 0 Å². The minimum absolute atomic E-state index is 0.649. The molecule has 2 heterocycles. The highest BCUT2D eigenvalue weighted by Gasteiger charge is 2.12. The molecular formula is C14H14N4S. The molecular weight excluding hydrogens is 256 g/mol. The van der Waals surface area contributed by atoms with E-state index in [-0.39, 0.29) is 0 Å². The molecule has 5 heteroatoms. The van der Waals surface area contributed by atoms with Gasteiger partial charge in [-0.2, -0.15) is 5.10 Å². The molecule has 1 aromatic carbocycles. The largest absolute Gasteiger partial charge is 0.396 e. The van der Waals surface area contributed by atoms with E-state index in [9.17, 15) is 0 Å². The maximum atomic E-state index is 6.04. The molecule has 0 aliphatic carbocycles. The Kier molecular flexibility index (Phi) is 2.83. The van der Waals surface area contributed by atoms with Crippen molar-refractivity contribution in [3.63, 3.8) is 0 Å². The molecule has 0 saturated carbocycles. The number of aryl methyl sites for hydroxylation is 2. The van der Waals surface area contributed by atoms with E-state index in [1.165, 1.54) is 22.5 Å². The lowest BCUT2D eigenvalue weighted by atomic mass is 10.1. The van der Waals surface area contributed by atoms with Crippen LogP contribution in [0.25, 0.3) is 16.4 Å². The lowest BCUT2D eigenvalue weighted by molar-refractivity contribution is 0.874. The predicted octanol–water partition coefficient (Wildman–Crippen LogP) is 3.19. The molecule has 0 unspecified atom stereocenters. The number of hydrogen-bond donors (Lipinski definition) is 1. The van der Waals surface area contributed by atoms with Gasteiger partial charge >= 0.3 is 0 Å². The second kappa shape index (κ2) is 4.51. The Labute approximate surface area is 115 Å². The maximum absolute atomic E-state index is 6.04. The summed E-state index contributed by atoms with van der Waals surface area (Å²) in [5.74, 6) is 0. The van der Waals surface area contributed by atoms with Crippen LogP contribution >= 0.6 is 11.3 Å². The molecule has 19 heavy (non-hydrogen) atoms. The van der Waals surface area contributed by atoms with Crippen LogP contribution in [0.4, 0.5) is 5.69 Å². The van der Waals surface area contributed by atoms with Gasteiger partial charge in [0.1, 0.15) is 10.7 Å². The van der Waals surface area contributed by atoms with Crippen LogP contribution < -0.4 is 5.73 Å². The fourth-order valence-corrected chi connectivity index (χ4v) is 2.63. The zero-order valence-electron chi connectivity index (χ0n) is 10.8. The van der Waals surface area contributed by atoms with E-state index < -0.39 is 0 Å². The van der Waals surface area contributed by atoms with E-state index in [0.717, 1.165) is 16.4 Å². The molecule has 0 bridgehead atoms. The summed E-state index contributed by atoms with van der Waals surface area (Å²) in [7, 11) is 0. The number of aromatic nitrogens is 3. The number of nitrogen functional groups attached to an aromatic ring is 1. The van der Waals surface area contributed by atoms with Crippen LogP contribution in [0, 0.1) is 13.8 Å². The molecule has 3 rings (SSSR count). The van der Waals surface area contributed by atoms with Gasteiger partial charge in [-0.3, -0.25) is 0 Å². The molecule has 0 radical (unpaired) electrons. The van der Waals surface area contributed by atoms with Gasteiger partial charge in [0.25, 0.3) is 0 Å². The fraction of sp³-hybridized carbons (Fsp3) is 0.143. The molecule has 0 saturated heterocycles. The van der Waals surface area contributed by atoms with Gasteiger partial charge in [-0.05, 0) is 31.0 Å². The Balaban J connectivity index is 2.12. The summed E-state index contributed by atoms with van der Waals surface area (Å²) in [6, 6.07) is 6.28. The van der Waals surface area contributed by atoms with Crippen molar-refractivity contribution < 1.29 is 0 Å². The summed E-state index contributed by atoms with van der Waals surface area (Å²) in [5.41, 5.74) is 10.9. The van der Waals surface area contributed by atoms with Crippen LogP contribution in [0.15, 0.2) is 36.0 Å². The van der Waals surface area contributed by atoms with Gasteiger partial charge in [-0.25, -0.2) is 9.67 Å². The number of benzene rings is 1. The molecule has 4 nitrogen and oxygen atoms in total. The Hall–Kier alpha value is -2.14. The first-order valence-corrected chi connectivity index (χ1v) is 6.86. The Morgan fingerprint density at radius 1 is 1.26 bits per heavy atom. The standard InChI is InChI=1S/C14H14N4S/c1-9-3-4-10(2)12(7-9)18-8-11(15)13(17-18)14-16-5-6-19-14/h3-8H,15H2,1-2H3. The third-order valence-corrected chi connectivity index (χ3v) is 3.77. The molecule has 2 aromatic heterocycles. The first kappa shape index (κ1) is 11.9. The van der Waals surface area contributed by atoms with Gasteiger partial charge in [0, 0.05) is 11.6 Å². The summed E-state index contributed by atoms with van der Waals surface area (Å²) >= 11 is 1.54. The van der Waals surface area contributed by atoms with Crippen LogP contribution in [0.1, 0.15) is 11.1 Å². The van der Waals surface area contributed by atoms with Gasteiger partial charge in [0.15, 0.2) is 0 Å². The summed E-state index contributed by atoms with van der Waals surface area (Å²) in [6.45, 7) is 4.13. The van der Waals surface area contributed by atoms with Gasteiger partial charge in [0.05, 0.1) is 17.6 Å². The van der Waals surface area contributed by atoms with Crippen molar-refractivity contribution in [2.45, 2.75) is 13.8 Å². The molecule has 0 amide bonds. The molecule has 2 N–H and O–H groups in total. The molecule has 3 aromatic rings. The van der Waals surface area contributed by atoms with Crippen LogP contribution in [0.2, 0.25) is 0 Å². The summed E-state index contributed by atoms with van der Waals surface area (Å²) in [6.07, 6.45) is 3.61. The van der Waals surface area contributed by atoms with Crippen molar-refractivity contribution >= 4 is 17.0 Å².